The molecule has 106 valence electrons. The first-order valence-corrected chi connectivity index (χ1v) is 7.27. The van der Waals surface area contributed by atoms with Gasteiger partial charge in [-0.1, -0.05) is 29.8 Å². The molecule has 1 aromatic heterocycles. The maximum Gasteiger partial charge on any atom is 0.294 e. The molecule has 0 fully saturated rings. The average molecular weight is 299 g/mol. The Balaban J connectivity index is 2.48. The molecule has 2 N–H and O–H groups in total. The van der Waals surface area contributed by atoms with E-state index in [0.717, 1.165) is 15.8 Å². The minimum atomic E-state index is -0.572. The first-order chi connectivity index (χ1) is 10.1. The van der Waals surface area contributed by atoms with Crippen molar-refractivity contribution in [3.63, 3.8) is 0 Å². The van der Waals surface area contributed by atoms with Crippen molar-refractivity contribution in [3.05, 3.63) is 51.3 Å². The summed E-state index contributed by atoms with van der Waals surface area (Å²) in [5.41, 5.74) is 7.04. The number of nitrogens with zero attached hydrogens (tertiary/aromatic N) is 4. The highest BCUT2D eigenvalue weighted by atomic mass is 32.2. The van der Waals surface area contributed by atoms with Crippen molar-refractivity contribution in [2.24, 2.45) is 5.10 Å². The number of anilines is 1. The third-order valence-corrected chi connectivity index (χ3v) is 3.44. The van der Waals surface area contributed by atoms with Crippen LogP contribution in [0.1, 0.15) is 16.7 Å². The molecule has 7 heteroatoms. The number of thioether (sulfide) groups is 1. The lowest BCUT2D eigenvalue weighted by atomic mass is 10.2. The molecule has 2 rings (SSSR count). The molecule has 0 atom stereocenters. The van der Waals surface area contributed by atoms with E-state index in [2.05, 4.69) is 10.1 Å². The smallest absolute Gasteiger partial charge is 0.294 e. The molecule has 0 radical (unpaired) electrons. The van der Waals surface area contributed by atoms with E-state index in [1.54, 1.807) is 6.26 Å². The van der Waals surface area contributed by atoms with E-state index in [4.69, 9.17) is 11.0 Å². The standard InChI is InChI=1S/C14H13N5OS/c1-9-3-5-10(6-4-9)8-17-19-13(20)11(7-15)12(21-2)18-14(19)16/h3-6,8H,1-2H3,(H2,16,18)/b17-8+. The molecular formula is C14H13N5OS. The van der Waals surface area contributed by atoms with Crippen molar-refractivity contribution in [2.75, 3.05) is 12.0 Å². The van der Waals surface area contributed by atoms with E-state index in [1.807, 2.05) is 37.3 Å². The van der Waals surface area contributed by atoms with E-state index >= 15 is 0 Å². The van der Waals surface area contributed by atoms with Gasteiger partial charge in [-0.2, -0.15) is 15.0 Å². The van der Waals surface area contributed by atoms with E-state index in [0.29, 0.717) is 5.03 Å². The van der Waals surface area contributed by atoms with Crippen LogP contribution < -0.4 is 11.3 Å². The van der Waals surface area contributed by atoms with Crippen LogP contribution in [0.3, 0.4) is 0 Å². The molecule has 0 aliphatic carbocycles. The Bertz CT molecular complexity index is 787. The highest BCUT2D eigenvalue weighted by Crippen LogP contribution is 2.15. The largest absolute Gasteiger partial charge is 0.368 e. The summed E-state index contributed by atoms with van der Waals surface area (Å²) in [6.45, 7) is 1.98. The Labute approximate surface area is 125 Å². The summed E-state index contributed by atoms with van der Waals surface area (Å²) in [5, 5.41) is 13.4. The molecule has 0 bridgehead atoms. The number of aryl methyl sites for hydroxylation is 1. The van der Waals surface area contributed by atoms with Crippen molar-refractivity contribution in [2.45, 2.75) is 11.9 Å². The van der Waals surface area contributed by atoms with E-state index < -0.39 is 5.56 Å². The van der Waals surface area contributed by atoms with Gasteiger partial charge in [-0.3, -0.25) is 4.79 Å². The quantitative estimate of drug-likeness (QED) is 0.527. The summed E-state index contributed by atoms with van der Waals surface area (Å²) in [6, 6.07) is 9.45. The number of rotatable bonds is 3. The molecule has 2 aromatic rings. The zero-order valence-corrected chi connectivity index (χ0v) is 12.4. The zero-order chi connectivity index (χ0) is 15.4. The van der Waals surface area contributed by atoms with Gasteiger partial charge in [0.25, 0.3) is 5.56 Å². The highest BCUT2D eigenvalue weighted by molar-refractivity contribution is 7.98. The van der Waals surface area contributed by atoms with E-state index in [-0.39, 0.29) is 11.5 Å². The Morgan fingerprint density at radius 3 is 2.67 bits per heavy atom. The van der Waals surface area contributed by atoms with Gasteiger partial charge in [0.2, 0.25) is 5.95 Å². The van der Waals surface area contributed by atoms with Crippen LogP contribution in [0.5, 0.6) is 0 Å². The minimum absolute atomic E-state index is 0.0493. The number of nitriles is 1. The summed E-state index contributed by atoms with van der Waals surface area (Å²) in [5.74, 6) is -0.0493. The molecule has 0 aliphatic rings. The molecule has 21 heavy (non-hydrogen) atoms. The number of nitrogens with two attached hydrogens (primary N) is 1. The molecule has 0 aliphatic heterocycles. The van der Waals surface area contributed by atoms with Crippen LogP contribution in [0.25, 0.3) is 0 Å². The van der Waals surface area contributed by atoms with Gasteiger partial charge in [-0.25, -0.2) is 4.98 Å². The molecule has 1 aromatic carbocycles. The van der Waals surface area contributed by atoms with Crippen LogP contribution in [-0.2, 0) is 0 Å². The second kappa shape index (κ2) is 6.24. The van der Waals surface area contributed by atoms with E-state index in [9.17, 15) is 4.79 Å². The monoisotopic (exact) mass is 299 g/mol. The zero-order valence-electron chi connectivity index (χ0n) is 11.6. The van der Waals surface area contributed by atoms with Crippen LogP contribution >= 0.6 is 11.8 Å². The topological polar surface area (TPSA) is 97.1 Å². The van der Waals surface area contributed by atoms with Crippen molar-refractivity contribution >= 4 is 23.9 Å². The van der Waals surface area contributed by atoms with Gasteiger partial charge in [0.1, 0.15) is 11.1 Å². The molecule has 0 unspecified atom stereocenters. The SMILES string of the molecule is CSc1nc(N)n(/N=C/c2ccc(C)cc2)c(=O)c1C#N. The minimum Gasteiger partial charge on any atom is -0.368 e. The van der Waals surface area contributed by atoms with Gasteiger partial charge in [0.15, 0.2) is 5.56 Å². The molecule has 0 saturated heterocycles. The maximum absolute atomic E-state index is 12.2. The Morgan fingerprint density at radius 2 is 2.10 bits per heavy atom. The maximum atomic E-state index is 12.2. The van der Waals surface area contributed by atoms with Gasteiger partial charge >= 0.3 is 0 Å². The molecule has 0 saturated carbocycles. The number of hydrogen-bond donors (Lipinski definition) is 1. The van der Waals surface area contributed by atoms with Crippen LogP contribution in [0.4, 0.5) is 5.95 Å². The van der Waals surface area contributed by atoms with Crippen molar-refractivity contribution in [1.29, 1.82) is 5.26 Å². The fourth-order valence-corrected chi connectivity index (χ4v) is 2.16. The summed E-state index contributed by atoms with van der Waals surface area (Å²) >= 11 is 1.19. The highest BCUT2D eigenvalue weighted by Gasteiger charge is 2.13. The van der Waals surface area contributed by atoms with Crippen molar-refractivity contribution in [1.82, 2.24) is 9.66 Å². The number of benzene rings is 1. The van der Waals surface area contributed by atoms with Crippen LogP contribution in [0, 0.1) is 18.3 Å². The average Bonchev–Trinajstić information content (AvgIpc) is 2.48. The number of nitrogen functional groups attached to an aromatic ring is 1. The van der Waals surface area contributed by atoms with Gasteiger partial charge < -0.3 is 5.73 Å². The Morgan fingerprint density at radius 1 is 1.43 bits per heavy atom. The van der Waals surface area contributed by atoms with E-state index in [1.165, 1.54) is 18.0 Å². The predicted octanol–water partition coefficient (Wildman–Crippen LogP) is 1.61. The van der Waals surface area contributed by atoms with Crippen molar-refractivity contribution < 1.29 is 0 Å². The fraction of sp³-hybridized carbons (Fsp3) is 0.143. The van der Waals surface area contributed by atoms with Crippen LogP contribution in [-0.4, -0.2) is 22.1 Å². The first-order valence-electron chi connectivity index (χ1n) is 6.04. The Hall–Kier alpha value is -2.59. The molecule has 0 spiro atoms. The second-order valence-corrected chi connectivity index (χ2v) is 5.03. The summed E-state index contributed by atoms with van der Waals surface area (Å²) < 4.78 is 0.929. The van der Waals surface area contributed by atoms with Gasteiger partial charge in [-0.05, 0) is 18.7 Å². The molecule has 6 nitrogen and oxygen atoms in total. The molecule has 1 heterocycles. The van der Waals surface area contributed by atoms with Gasteiger partial charge in [-0.15, -0.1) is 11.8 Å². The lowest BCUT2D eigenvalue weighted by molar-refractivity contribution is 0.789. The third-order valence-electron chi connectivity index (χ3n) is 2.76. The third kappa shape index (κ3) is 3.12. The number of aromatic nitrogens is 2. The molecule has 0 amide bonds. The lowest BCUT2D eigenvalue weighted by Gasteiger charge is -2.05. The van der Waals surface area contributed by atoms with Crippen LogP contribution in [0.2, 0.25) is 0 Å². The summed E-state index contributed by atoms with van der Waals surface area (Å²) in [7, 11) is 0. The number of hydrogen-bond acceptors (Lipinski definition) is 6. The normalized spacial score (nSPS) is 10.7. The van der Waals surface area contributed by atoms with Crippen molar-refractivity contribution in [3.8, 4) is 6.07 Å². The predicted molar refractivity (Wildman–Crippen MR) is 83.6 cm³/mol. The van der Waals surface area contributed by atoms with Gasteiger partial charge in [0.05, 0.1) is 6.21 Å². The van der Waals surface area contributed by atoms with Crippen LogP contribution in [0.15, 0.2) is 39.2 Å². The summed E-state index contributed by atoms with van der Waals surface area (Å²) in [6.07, 6.45) is 3.22. The fourth-order valence-electron chi connectivity index (χ4n) is 1.64. The lowest BCUT2D eigenvalue weighted by Crippen LogP contribution is -2.24. The first kappa shape index (κ1) is 14.8. The molecular weight excluding hydrogens is 286 g/mol. The van der Waals surface area contributed by atoms with Gasteiger partial charge in [0, 0.05) is 0 Å². The second-order valence-electron chi connectivity index (χ2n) is 4.24. The summed E-state index contributed by atoms with van der Waals surface area (Å²) in [4.78, 5) is 16.2. The Kier molecular flexibility index (Phi) is 4.40.